The number of aliphatic hydroxyl groups excluding tert-OH is 1. The third-order valence-electron chi connectivity index (χ3n) is 3.02. The lowest BCUT2D eigenvalue weighted by Gasteiger charge is -2.15. The van der Waals surface area contributed by atoms with E-state index in [1.165, 1.54) is 37.4 Å². The second-order valence-corrected chi connectivity index (χ2v) is 4.83. The van der Waals surface area contributed by atoms with Gasteiger partial charge >= 0.3 is 6.18 Å². The van der Waals surface area contributed by atoms with Crippen LogP contribution in [-0.2, 0) is 6.18 Å². The predicted octanol–water partition coefficient (Wildman–Crippen LogP) is 4.45. The van der Waals surface area contributed by atoms with Crippen LogP contribution in [0.3, 0.4) is 0 Å². The van der Waals surface area contributed by atoms with Gasteiger partial charge in [0.15, 0.2) is 0 Å². The Hall–Kier alpha value is -1.72. The van der Waals surface area contributed by atoms with E-state index in [1.54, 1.807) is 0 Å². The number of methoxy groups -OCH3 is 1. The summed E-state index contributed by atoms with van der Waals surface area (Å²) in [4.78, 5) is 0. The van der Waals surface area contributed by atoms with E-state index in [4.69, 9.17) is 16.3 Å². The number of hydrogen-bond acceptors (Lipinski definition) is 2. The number of ether oxygens (including phenoxy) is 1. The number of benzene rings is 2. The van der Waals surface area contributed by atoms with Crippen molar-refractivity contribution in [1.82, 2.24) is 0 Å². The predicted molar refractivity (Wildman–Crippen MR) is 73.5 cm³/mol. The number of hydrogen-bond donors (Lipinski definition) is 1. The van der Waals surface area contributed by atoms with Crippen LogP contribution in [-0.4, -0.2) is 12.2 Å². The molecule has 0 heterocycles. The van der Waals surface area contributed by atoms with Gasteiger partial charge in [-0.3, -0.25) is 0 Å². The molecule has 0 bridgehead atoms. The average Bonchev–Trinajstić information content (AvgIpc) is 2.46. The molecule has 1 N–H and O–H groups in total. The van der Waals surface area contributed by atoms with Gasteiger partial charge in [-0.1, -0.05) is 29.8 Å². The maximum absolute atomic E-state index is 12.7. The van der Waals surface area contributed by atoms with Crippen LogP contribution in [0.15, 0.2) is 42.5 Å². The lowest BCUT2D eigenvalue weighted by Crippen LogP contribution is -2.07. The fourth-order valence-electron chi connectivity index (χ4n) is 1.92. The first-order valence-corrected chi connectivity index (χ1v) is 6.39. The summed E-state index contributed by atoms with van der Waals surface area (Å²) in [5, 5.41) is 10.6. The van der Waals surface area contributed by atoms with Gasteiger partial charge in [0.25, 0.3) is 0 Å². The zero-order valence-corrected chi connectivity index (χ0v) is 11.7. The molecular weight excluding hydrogens is 305 g/mol. The molecule has 1 atom stereocenters. The molecule has 2 aromatic rings. The quantitative estimate of drug-likeness (QED) is 0.906. The lowest BCUT2D eigenvalue weighted by molar-refractivity contribution is -0.137. The van der Waals surface area contributed by atoms with Crippen molar-refractivity contribution in [1.29, 1.82) is 0 Å². The van der Waals surface area contributed by atoms with Gasteiger partial charge in [-0.25, -0.2) is 0 Å². The molecule has 0 saturated heterocycles. The van der Waals surface area contributed by atoms with Crippen LogP contribution in [0.1, 0.15) is 22.8 Å². The van der Waals surface area contributed by atoms with Crippen LogP contribution in [0, 0.1) is 0 Å². The molecule has 1 unspecified atom stereocenters. The molecule has 0 aliphatic rings. The normalized spacial score (nSPS) is 13.0. The monoisotopic (exact) mass is 316 g/mol. The number of aliphatic hydroxyl groups is 1. The summed E-state index contributed by atoms with van der Waals surface area (Å²) < 4.78 is 43.1. The molecule has 21 heavy (non-hydrogen) atoms. The Labute approximate surface area is 124 Å². The van der Waals surface area contributed by atoms with Crippen molar-refractivity contribution in [3.05, 3.63) is 64.2 Å². The fraction of sp³-hybridized carbons (Fsp3) is 0.200. The minimum Gasteiger partial charge on any atom is -0.495 e. The first kappa shape index (κ1) is 15.7. The second-order valence-electron chi connectivity index (χ2n) is 4.42. The molecule has 0 aliphatic carbocycles. The number of alkyl halides is 3. The van der Waals surface area contributed by atoms with Gasteiger partial charge in [0.05, 0.1) is 17.7 Å². The van der Waals surface area contributed by atoms with Gasteiger partial charge in [-0.05, 0) is 35.4 Å². The summed E-state index contributed by atoms with van der Waals surface area (Å²) in [5.41, 5.74) is -0.259. The highest BCUT2D eigenvalue weighted by atomic mass is 35.5. The summed E-state index contributed by atoms with van der Waals surface area (Å²) >= 11 is 5.88. The highest BCUT2D eigenvalue weighted by Crippen LogP contribution is 2.34. The third-order valence-corrected chi connectivity index (χ3v) is 3.33. The van der Waals surface area contributed by atoms with Crippen molar-refractivity contribution in [2.45, 2.75) is 12.3 Å². The molecule has 0 fully saturated rings. The van der Waals surface area contributed by atoms with E-state index in [-0.39, 0.29) is 5.56 Å². The molecule has 0 spiro atoms. The standard InChI is InChI=1S/C15H12ClF3O2/c1-21-13-8-10(5-6-12(13)16)14(20)9-3-2-4-11(7-9)15(17,18)19/h2-8,14,20H,1H3. The Bertz CT molecular complexity index is 641. The van der Waals surface area contributed by atoms with Crippen LogP contribution in [0.5, 0.6) is 5.75 Å². The number of rotatable bonds is 3. The number of halogens is 4. The van der Waals surface area contributed by atoms with E-state index in [2.05, 4.69) is 0 Å². The minimum absolute atomic E-state index is 0.147. The molecular formula is C15H12ClF3O2. The van der Waals surface area contributed by atoms with E-state index in [9.17, 15) is 18.3 Å². The van der Waals surface area contributed by atoms with E-state index >= 15 is 0 Å². The van der Waals surface area contributed by atoms with Crippen molar-refractivity contribution >= 4 is 11.6 Å². The highest BCUT2D eigenvalue weighted by Gasteiger charge is 2.31. The van der Waals surface area contributed by atoms with E-state index in [0.29, 0.717) is 16.3 Å². The first-order valence-electron chi connectivity index (χ1n) is 6.01. The molecule has 0 aromatic heterocycles. The van der Waals surface area contributed by atoms with E-state index < -0.39 is 17.8 Å². The van der Waals surface area contributed by atoms with Crippen LogP contribution in [0.2, 0.25) is 5.02 Å². The van der Waals surface area contributed by atoms with Crippen molar-refractivity contribution in [3.63, 3.8) is 0 Å². The van der Waals surface area contributed by atoms with Crippen molar-refractivity contribution < 1.29 is 23.0 Å². The van der Waals surface area contributed by atoms with Gasteiger partial charge < -0.3 is 9.84 Å². The van der Waals surface area contributed by atoms with Crippen LogP contribution >= 0.6 is 11.6 Å². The summed E-state index contributed by atoms with van der Waals surface area (Å²) in [6.45, 7) is 0. The molecule has 0 amide bonds. The van der Waals surface area contributed by atoms with Gasteiger partial charge in [0.2, 0.25) is 0 Å². The zero-order valence-electron chi connectivity index (χ0n) is 11.0. The fourth-order valence-corrected chi connectivity index (χ4v) is 2.12. The Morgan fingerprint density at radius 3 is 2.38 bits per heavy atom. The van der Waals surface area contributed by atoms with Crippen LogP contribution in [0.25, 0.3) is 0 Å². The first-order chi connectivity index (χ1) is 9.82. The molecule has 112 valence electrons. The maximum atomic E-state index is 12.7. The molecule has 2 rings (SSSR count). The van der Waals surface area contributed by atoms with Gasteiger partial charge in [0.1, 0.15) is 11.9 Å². The Morgan fingerprint density at radius 1 is 1.10 bits per heavy atom. The molecule has 0 radical (unpaired) electrons. The molecule has 2 aromatic carbocycles. The van der Waals surface area contributed by atoms with Crippen LogP contribution < -0.4 is 4.74 Å². The topological polar surface area (TPSA) is 29.5 Å². The van der Waals surface area contributed by atoms with Crippen molar-refractivity contribution in [2.75, 3.05) is 7.11 Å². The van der Waals surface area contributed by atoms with E-state index in [0.717, 1.165) is 12.1 Å². The second kappa shape index (κ2) is 5.95. The lowest BCUT2D eigenvalue weighted by atomic mass is 9.99. The highest BCUT2D eigenvalue weighted by molar-refractivity contribution is 6.32. The zero-order chi connectivity index (χ0) is 15.6. The van der Waals surface area contributed by atoms with Crippen molar-refractivity contribution in [3.8, 4) is 5.75 Å². The van der Waals surface area contributed by atoms with Gasteiger partial charge in [-0.2, -0.15) is 13.2 Å². The Kier molecular flexibility index (Phi) is 4.44. The molecule has 0 aliphatic heterocycles. The minimum atomic E-state index is -4.45. The Balaban J connectivity index is 2.38. The average molecular weight is 317 g/mol. The maximum Gasteiger partial charge on any atom is 0.416 e. The third kappa shape index (κ3) is 3.49. The SMILES string of the molecule is COc1cc(C(O)c2cccc(C(F)(F)F)c2)ccc1Cl. The smallest absolute Gasteiger partial charge is 0.416 e. The van der Waals surface area contributed by atoms with Crippen molar-refractivity contribution in [2.24, 2.45) is 0 Å². The molecule has 2 nitrogen and oxygen atoms in total. The molecule has 0 saturated carbocycles. The van der Waals surface area contributed by atoms with Gasteiger partial charge in [-0.15, -0.1) is 0 Å². The Morgan fingerprint density at radius 2 is 1.76 bits per heavy atom. The molecule has 6 heteroatoms. The summed E-state index contributed by atoms with van der Waals surface area (Å²) in [7, 11) is 1.42. The summed E-state index contributed by atoms with van der Waals surface area (Å²) in [5.74, 6) is 0.347. The largest absolute Gasteiger partial charge is 0.495 e. The summed E-state index contributed by atoms with van der Waals surface area (Å²) in [6, 6.07) is 9.12. The summed E-state index contributed by atoms with van der Waals surface area (Å²) in [6.07, 6.45) is -5.65. The van der Waals surface area contributed by atoms with Gasteiger partial charge in [0, 0.05) is 0 Å². The van der Waals surface area contributed by atoms with E-state index in [1.807, 2.05) is 0 Å². The van der Waals surface area contributed by atoms with Crippen LogP contribution in [0.4, 0.5) is 13.2 Å².